The van der Waals surface area contributed by atoms with Crippen LogP contribution in [0.25, 0.3) is 0 Å². The molecular formula is C13H14O3. The highest BCUT2D eigenvalue weighted by atomic mass is 16.5. The number of Topliss-reactive ketones (excluding diaryl/α,β-unsaturated/α-hetero) is 1. The maximum Gasteiger partial charge on any atom is 0.306 e. The van der Waals surface area contributed by atoms with E-state index in [0.717, 1.165) is 11.1 Å². The molecule has 0 unspecified atom stereocenters. The number of esters is 1. The number of hydrogen-bond acceptors (Lipinski definition) is 3. The summed E-state index contributed by atoms with van der Waals surface area (Å²) in [4.78, 5) is 23.2. The number of benzene rings is 1. The van der Waals surface area contributed by atoms with Gasteiger partial charge in [-0.1, -0.05) is 24.3 Å². The maximum atomic E-state index is 11.9. The number of rotatable bonds is 3. The zero-order valence-corrected chi connectivity index (χ0v) is 9.23. The van der Waals surface area contributed by atoms with Crippen molar-refractivity contribution in [3.8, 4) is 0 Å². The van der Waals surface area contributed by atoms with Crippen molar-refractivity contribution in [2.45, 2.75) is 19.8 Å². The van der Waals surface area contributed by atoms with E-state index in [1.165, 1.54) is 0 Å². The van der Waals surface area contributed by atoms with Crippen LogP contribution < -0.4 is 0 Å². The Balaban J connectivity index is 2.07. The first-order valence-corrected chi connectivity index (χ1v) is 5.50. The molecule has 0 aromatic heterocycles. The number of fused-ring (bicyclic) bond motifs is 1. The van der Waals surface area contributed by atoms with Gasteiger partial charge in [0.1, 0.15) is 0 Å². The average molecular weight is 218 g/mol. The third-order valence-corrected chi connectivity index (χ3v) is 2.84. The van der Waals surface area contributed by atoms with Gasteiger partial charge >= 0.3 is 5.97 Å². The highest BCUT2D eigenvalue weighted by Gasteiger charge is 2.31. The molecule has 0 fully saturated rings. The first kappa shape index (κ1) is 10.9. The highest BCUT2D eigenvalue weighted by Crippen LogP contribution is 2.28. The van der Waals surface area contributed by atoms with Gasteiger partial charge in [0.05, 0.1) is 13.0 Å². The molecule has 0 aliphatic heterocycles. The Morgan fingerprint density at radius 3 is 2.88 bits per heavy atom. The molecule has 0 spiro atoms. The third kappa shape index (κ3) is 1.98. The zero-order valence-electron chi connectivity index (χ0n) is 9.23. The van der Waals surface area contributed by atoms with Gasteiger partial charge in [-0.05, 0) is 18.9 Å². The summed E-state index contributed by atoms with van der Waals surface area (Å²) in [5.41, 5.74) is 1.80. The molecule has 16 heavy (non-hydrogen) atoms. The quantitative estimate of drug-likeness (QED) is 0.729. The number of carbonyl (C=O) groups excluding carboxylic acids is 2. The van der Waals surface area contributed by atoms with Gasteiger partial charge in [-0.3, -0.25) is 9.59 Å². The number of carbonyl (C=O) groups is 2. The molecule has 1 atom stereocenters. The second-order valence-electron chi connectivity index (χ2n) is 3.93. The Labute approximate surface area is 94.4 Å². The summed E-state index contributed by atoms with van der Waals surface area (Å²) in [5.74, 6) is -0.436. The Kier molecular flexibility index (Phi) is 3.04. The largest absolute Gasteiger partial charge is 0.466 e. The normalized spacial score (nSPS) is 18.3. The van der Waals surface area contributed by atoms with Gasteiger partial charge in [-0.15, -0.1) is 0 Å². The first-order chi connectivity index (χ1) is 7.72. The molecule has 0 radical (unpaired) electrons. The molecule has 0 amide bonds. The molecule has 0 saturated heterocycles. The molecule has 0 heterocycles. The van der Waals surface area contributed by atoms with Crippen molar-refractivity contribution in [2.24, 2.45) is 5.92 Å². The minimum Gasteiger partial charge on any atom is -0.466 e. The summed E-state index contributed by atoms with van der Waals surface area (Å²) in [6.45, 7) is 2.13. The van der Waals surface area contributed by atoms with Gasteiger partial charge in [0.15, 0.2) is 5.78 Å². The number of ether oxygens (including phenoxy) is 1. The van der Waals surface area contributed by atoms with Crippen LogP contribution in [0, 0.1) is 5.92 Å². The predicted molar refractivity (Wildman–Crippen MR) is 59.2 cm³/mol. The van der Waals surface area contributed by atoms with Crippen LogP contribution in [0.3, 0.4) is 0 Å². The van der Waals surface area contributed by atoms with E-state index in [0.29, 0.717) is 13.0 Å². The van der Waals surface area contributed by atoms with Crippen LogP contribution in [0.15, 0.2) is 24.3 Å². The summed E-state index contributed by atoms with van der Waals surface area (Å²) in [5, 5.41) is 0. The second kappa shape index (κ2) is 4.47. The van der Waals surface area contributed by atoms with Crippen LogP contribution in [0.2, 0.25) is 0 Å². The van der Waals surface area contributed by atoms with E-state index in [-0.39, 0.29) is 24.1 Å². The fourth-order valence-electron chi connectivity index (χ4n) is 2.10. The molecule has 0 saturated carbocycles. The lowest BCUT2D eigenvalue weighted by Gasteiger charge is -2.06. The molecule has 1 aliphatic rings. The molecule has 2 rings (SSSR count). The van der Waals surface area contributed by atoms with Crippen molar-refractivity contribution < 1.29 is 14.3 Å². The predicted octanol–water partition coefficient (Wildman–Crippen LogP) is 1.99. The topological polar surface area (TPSA) is 43.4 Å². The van der Waals surface area contributed by atoms with Crippen LogP contribution in [0.5, 0.6) is 0 Å². The van der Waals surface area contributed by atoms with Gasteiger partial charge in [0.2, 0.25) is 0 Å². The van der Waals surface area contributed by atoms with Crippen LogP contribution in [0.4, 0.5) is 0 Å². The Morgan fingerprint density at radius 1 is 1.44 bits per heavy atom. The molecular weight excluding hydrogens is 204 g/mol. The third-order valence-electron chi connectivity index (χ3n) is 2.84. The molecule has 3 heteroatoms. The lowest BCUT2D eigenvalue weighted by molar-refractivity contribution is -0.143. The average Bonchev–Trinajstić information content (AvgIpc) is 2.57. The molecule has 1 aromatic rings. The van der Waals surface area contributed by atoms with Crippen LogP contribution in [0.1, 0.15) is 29.3 Å². The lowest BCUT2D eigenvalue weighted by Crippen LogP contribution is -2.16. The lowest BCUT2D eigenvalue weighted by atomic mass is 10.0. The summed E-state index contributed by atoms with van der Waals surface area (Å²) in [7, 11) is 0. The second-order valence-corrected chi connectivity index (χ2v) is 3.93. The SMILES string of the molecule is CCOC(=O)C[C@@H]1Cc2ccccc2C1=O. The molecule has 84 valence electrons. The summed E-state index contributed by atoms with van der Waals surface area (Å²) >= 11 is 0. The van der Waals surface area contributed by atoms with Gasteiger partial charge in [0, 0.05) is 11.5 Å². The van der Waals surface area contributed by atoms with Crippen molar-refractivity contribution in [3.05, 3.63) is 35.4 Å². The monoisotopic (exact) mass is 218 g/mol. The highest BCUT2D eigenvalue weighted by molar-refractivity contribution is 6.03. The Hall–Kier alpha value is -1.64. The number of hydrogen-bond donors (Lipinski definition) is 0. The van der Waals surface area contributed by atoms with Crippen molar-refractivity contribution in [2.75, 3.05) is 6.61 Å². The van der Waals surface area contributed by atoms with Gasteiger partial charge in [-0.2, -0.15) is 0 Å². The van der Waals surface area contributed by atoms with E-state index in [1.807, 2.05) is 24.3 Å². The van der Waals surface area contributed by atoms with Crippen molar-refractivity contribution in [3.63, 3.8) is 0 Å². The number of ketones is 1. The minimum absolute atomic E-state index is 0.0728. The van der Waals surface area contributed by atoms with E-state index in [1.54, 1.807) is 6.92 Å². The zero-order chi connectivity index (χ0) is 11.5. The van der Waals surface area contributed by atoms with E-state index < -0.39 is 0 Å². The van der Waals surface area contributed by atoms with Crippen molar-refractivity contribution in [1.82, 2.24) is 0 Å². The van der Waals surface area contributed by atoms with Gasteiger partial charge in [0.25, 0.3) is 0 Å². The molecule has 1 aromatic carbocycles. The minimum atomic E-state index is -0.284. The summed E-state index contributed by atoms with van der Waals surface area (Å²) < 4.78 is 4.86. The van der Waals surface area contributed by atoms with Crippen LogP contribution in [-0.2, 0) is 16.0 Å². The molecule has 3 nitrogen and oxygen atoms in total. The van der Waals surface area contributed by atoms with E-state index in [2.05, 4.69) is 0 Å². The Morgan fingerprint density at radius 2 is 2.19 bits per heavy atom. The van der Waals surface area contributed by atoms with Crippen molar-refractivity contribution in [1.29, 1.82) is 0 Å². The van der Waals surface area contributed by atoms with E-state index in [9.17, 15) is 9.59 Å². The smallest absolute Gasteiger partial charge is 0.306 e. The van der Waals surface area contributed by atoms with Crippen molar-refractivity contribution >= 4 is 11.8 Å². The first-order valence-electron chi connectivity index (χ1n) is 5.50. The van der Waals surface area contributed by atoms with Crippen LogP contribution in [-0.4, -0.2) is 18.4 Å². The van der Waals surface area contributed by atoms with E-state index in [4.69, 9.17) is 4.74 Å². The molecule has 0 N–H and O–H groups in total. The fraction of sp³-hybridized carbons (Fsp3) is 0.385. The summed E-state index contributed by atoms with van der Waals surface area (Å²) in [6.07, 6.45) is 0.856. The van der Waals surface area contributed by atoms with Gasteiger partial charge < -0.3 is 4.74 Å². The Bertz CT molecular complexity index is 423. The molecule has 1 aliphatic carbocycles. The van der Waals surface area contributed by atoms with Gasteiger partial charge in [-0.25, -0.2) is 0 Å². The van der Waals surface area contributed by atoms with E-state index >= 15 is 0 Å². The molecule has 0 bridgehead atoms. The van der Waals surface area contributed by atoms with Crippen LogP contribution >= 0.6 is 0 Å². The fourth-order valence-corrected chi connectivity index (χ4v) is 2.10. The summed E-state index contributed by atoms with van der Waals surface area (Å²) in [6, 6.07) is 7.53. The standard InChI is InChI=1S/C13H14O3/c1-2-16-12(14)8-10-7-9-5-3-4-6-11(9)13(10)15/h3-6,10H,2,7-8H2,1H3/t10-/m0/s1. The maximum absolute atomic E-state index is 11.9.